The molecule has 0 fully saturated rings. The number of benzene rings is 1. The molecule has 106 valence electrons. The molecular weight excluding hydrogens is 310 g/mol. The van der Waals surface area contributed by atoms with Crippen LogP contribution in [-0.4, -0.2) is 23.9 Å². The van der Waals surface area contributed by atoms with Crippen LogP contribution in [0.25, 0.3) is 0 Å². The second-order valence-electron chi connectivity index (χ2n) is 3.89. The minimum Gasteiger partial charge on any atom is -0.490 e. The largest absolute Gasteiger partial charge is 0.490 e. The highest BCUT2D eigenvalue weighted by atomic mass is 79.9. The van der Waals surface area contributed by atoms with E-state index in [0.29, 0.717) is 30.4 Å². The summed E-state index contributed by atoms with van der Waals surface area (Å²) >= 11 is 3.32. The molecule has 1 aromatic rings. The van der Waals surface area contributed by atoms with Crippen molar-refractivity contribution in [3.8, 4) is 11.5 Å². The van der Waals surface area contributed by atoms with E-state index in [2.05, 4.69) is 21.2 Å². The Balaban J connectivity index is 2.85. The van der Waals surface area contributed by atoms with Crippen molar-refractivity contribution < 1.29 is 14.3 Å². The third-order valence-electron chi connectivity index (χ3n) is 2.45. The standard InChI is InChI=1S/C14H20BrNO3/c1-4-11(15)14(17)16-10-7-8-12(18-5-2)13(9-10)19-6-3/h7-9,11H,4-6H2,1-3H3,(H,16,17). The number of hydrogen-bond acceptors (Lipinski definition) is 3. The smallest absolute Gasteiger partial charge is 0.238 e. The van der Waals surface area contributed by atoms with Crippen molar-refractivity contribution >= 4 is 27.5 Å². The Kier molecular flexibility index (Phi) is 6.70. The lowest BCUT2D eigenvalue weighted by Crippen LogP contribution is -2.21. The average Bonchev–Trinajstić information content (AvgIpc) is 2.41. The van der Waals surface area contributed by atoms with E-state index in [-0.39, 0.29) is 10.7 Å². The minimum absolute atomic E-state index is 0.0610. The molecule has 1 rings (SSSR count). The van der Waals surface area contributed by atoms with E-state index in [4.69, 9.17) is 9.47 Å². The summed E-state index contributed by atoms with van der Waals surface area (Å²) in [5.41, 5.74) is 0.704. The molecule has 0 aliphatic carbocycles. The summed E-state index contributed by atoms with van der Waals surface area (Å²) in [6.45, 7) is 6.90. The number of carbonyl (C=O) groups is 1. The molecule has 1 unspecified atom stereocenters. The van der Waals surface area contributed by atoms with Crippen LogP contribution in [0.3, 0.4) is 0 Å². The van der Waals surface area contributed by atoms with Crippen molar-refractivity contribution in [3.63, 3.8) is 0 Å². The number of carbonyl (C=O) groups excluding carboxylic acids is 1. The van der Waals surface area contributed by atoms with Crippen LogP contribution >= 0.6 is 15.9 Å². The molecule has 19 heavy (non-hydrogen) atoms. The van der Waals surface area contributed by atoms with E-state index >= 15 is 0 Å². The quantitative estimate of drug-likeness (QED) is 0.777. The first-order chi connectivity index (χ1) is 9.12. The first kappa shape index (κ1) is 15.8. The fourth-order valence-corrected chi connectivity index (χ4v) is 1.65. The highest BCUT2D eigenvalue weighted by Gasteiger charge is 2.13. The van der Waals surface area contributed by atoms with Crippen LogP contribution in [0.1, 0.15) is 27.2 Å². The zero-order chi connectivity index (χ0) is 14.3. The third-order valence-corrected chi connectivity index (χ3v) is 3.52. The molecule has 4 nitrogen and oxygen atoms in total. The molecular formula is C14H20BrNO3. The van der Waals surface area contributed by atoms with Crippen molar-refractivity contribution in [1.29, 1.82) is 0 Å². The van der Waals surface area contributed by atoms with Crippen molar-refractivity contribution in [3.05, 3.63) is 18.2 Å². The van der Waals surface area contributed by atoms with Crippen LogP contribution in [0.4, 0.5) is 5.69 Å². The maximum absolute atomic E-state index is 11.8. The van der Waals surface area contributed by atoms with Gasteiger partial charge in [0.05, 0.1) is 18.0 Å². The lowest BCUT2D eigenvalue weighted by atomic mass is 10.2. The van der Waals surface area contributed by atoms with Gasteiger partial charge in [-0.3, -0.25) is 4.79 Å². The first-order valence-corrected chi connectivity index (χ1v) is 7.38. The van der Waals surface area contributed by atoms with Gasteiger partial charge in [0.2, 0.25) is 5.91 Å². The van der Waals surface area contributed by atoms with E-state index < -0.39 is 0 Å². The van der Waals surface area contributed by atoms with Crippen LogP contribution in [0.5, 0.6) is 11.5 Å². The number of ether oxygens (including phenoxy) is 2. The van der Waals surface area contributed by atoms with Gasteiger partial charge in [-0.1, -0.05) is 22.9 Å². The molecule has 1 amide bonds. The summed E-state index contributed by atoms with van der Waals surface area (Å²) in [5.74, 6) is 1.27. The van der Waals surface area contributed by atoms with E-state index in [1.807, 2.05) is 20.8 Å². The number of anilines is 1. The molecule has 0 aliphatic heterocycles. The van der Waals surface area contributed by atoms with Gasteiger partial charge in [-0.15, -0.1) is 0 Å². The van der Waals surface area contributed by atoms with Gasteiger partial charge in [0.1, 0.15) is 0 Å². The number of amides is 1. The molecule has 0 bridgehead atoms. The van der Waals surface area contributed by atoms with Gasteiger partial charge in [-0.05, 0) is 32.4 Å². The fourth-order valence-electron chi connectivity index (χ4n) is 1.53. The zero-order valence-electron chi connectivity index (χ0n) is 11.5. The van der Waals surface area contributed by atoms with Crippen LogP contribution in [0.2, 0.25) is 0 Å². The molecule has 0 spiro atoms. The van der Waals surface area contributed by atoms with Gasteiger partial charge in [-0.2, -0.15) is 0 Å². The topological polar surface area (TPSA) is 47.6 Å². The third kappa shape index (κ3) is 4.74. The molecule has 1 aromatic carbocycles. The Morgan fingerprint density at radius 2 is 1.84 bits per heavy atom. The molecule has 0 heterocycles. The van der Waals surface area contributed by atoms with Crippen molar-refractivity contribution in [2.24, 2.45) is 0 Å². The molecule has 0 radical (unpaired) electrons. The average molecular weight is 330 g/mol. The monoisotopic (exact) mass is 329 g/mol. The van der Waals surface area contributed by atoms with Gasteiger partial charge in [0.15, 0.2) is 11.5 Å². The number of rotatable bonds is 7. The Labute approximate surface area is 122 Å². The summed E-state index contributed by atoms with van der Waals surface area (Å²) < 4.78 is 11.0. The fraction of sp³-hybridized carbons (Fsp3) is 0.500. The molecule has 0 saturated carbocycles. The highest BCUT2D eigenvalue weighted by molar-refractivity contribution is 9.10. The maximum atomic E-state index is 11.8. The number of alkyl halides is 1. The highest BCUT2D eigenvalue weighted by Crippen LogP contribution is 2.30. The van der Waals surface area contributed by atoms with Crippen molar-refractivity contribution in [2.45, 2.75) is 32.0 Å². The normalized spacial score (nSPS) is 11.8. The number of halogens is 1. The molecule has 0 saturated heterocycles. The SMILES string of the molecule is CCOc1ccc(NC(=O)C(Br)CC)cc1OCC. The van der Waals surface area contributed by atoms with E-state index in [9.17, 15) is 4.79 Å². The molecule has 1 N–H and O–H groups in total. The first-order valence-electron chi connectivity index (χ1n) is 6.46. The summed E-state index contributed by atoms with van der Waals surface area (Å²) in [5, 5.41) is 2.84. The van der Waals surface area contributed by atoms with Crippen LogP contribution in [0.15, 0.2) is 18.2 Å². The molecule has 1 atom stereocenters. The predicted molar refractivity (Wildman–Crippen MR) is 80.4 cm³/mol. The van der Waals surface area contributed by atoms with Gasteiger partial charge in [0.25, 0.3) is 0 Å². The number of hydrogen-bond donors (Lipinski definition) is 1. The molecule has 5 heteroatoms. The molecule has 0 aliphatic rings. The van der Waals surface area contributed by atoms with Crippen LogP contribution in [0, 0.1) is 0 Å². The number of nitrogens with one attached hydrogen (secondary N) is 1. The van der Waals surface area contributed by atoms with Gasteiger partial charge in [0, 0.05) is 11.8 Å². The summed E-state index contributed by atoms with van der Waals surface area (Å²) in [4.78, 5) is 11.6. The minimum atomic E-state index is -0.186. The maximum Gasteiger partial charge on any atom is 0.238 e. The Morgan fingerprint density at radius 3 is 2.42 bits per heavy atom. The van der Waals surface area contributed by atoms with E-state index in [1.165, 1.54) is 0 Å². The van der Waals surface area contributed by atoms with Crippen molar-refractivity contribution in [1.82, 2.24) is 0 Å². The van der Waals surface area contributed by atoms with E-state index in [1.54, 1.807) is 18.2 Å². The summed E-state index contributed by atoms with van der Waals surface area (Å²) in [6.07, 6.45) is 0.737. The Bertz CT molecular complexity index is 423. The van der Waals surface area contributed by atoms with Crippen LogP contribution < -0.4 is 14.8 Å². The van der Waals surface area contributed by atoms with Gasteiger partial charge in [-0.25, -0.2) is 0 Å². The lowest BCUT2D eigenvalue weighted by Gasteiger charge is -2.14. The lowest BCUT2D eigenvalue weighted by molar-refractivity contribution is -0.115. The second kappa shape index (κ2) is 8.04. The summed E-state index contributed by atoms with van der Waals surface area (Å²) in [6, 6.07) is 5.39. The van der Waals surface area contributed by atoms with Gasteiger partial charge >= 0.3 is 0 Å². The predicted octanol–water partition coefficient (Wildman–Crippen LogP) is 3.60. The zero-order valence-corrected chi connectivity index (χ0v) is 13.1. The van der Waals surface area contributed by atoms with Gasteiger partial charge < -0.3 is 14.8 Å². The Hall–Kier alpha value is -1.23. The molecule has 0 aromatic heterocycles. The van der Waals surface area contributed by atoms with E-state index in [0.717, 1.165) is 6.42 Å². The second-order valence-corrected chi connectivity index (χ2v) is 5.00. The summed E-state index contributed by atoms with van der Waals surface area (Å²) in [7, 11) is 0. The Morgan fingerprint density at radius 1 is 1.21 bits per heavy atom. The van der Waals surface area contributed by atoms with Crippen LogP contribution in [-0.2, 0) is 4.79 Å². The van der Waals surface area contributed by atoms with Crippen molar-refractivity contribution in [2.75, 3.05) is 18.5 Å².